The lowest BCUT2D eigenvalue weighted by molar-refractivity contribution is 0.330. The predicted octanol–water partition coefficient (Wildman–Crippen LogP) is 2.31. The number of hydrogen-bond acceptors (Lipinski definition) is 6. The number of rotatable bonds is 3. The summed E-state index contributed by atoms with van der Waals surface area (Å²) in [5.41, 5.74) is 2.67. The Balaban J connectivity index is 1.66. The molecule has 3 heterocycles. The van der Waals surface area contributed by atoms with Crippen molar-refractivity contribution < 1.29 is 0 Å². The average molecular weight is 333 g/mol. The third kappa shape index (κ3) is 3.77. The summed E-state index contributed by atoms with van der Waals surface area (Å²) in [5.74, 6) is 0.486. The van der Waals surface area contributed by atoms with Gasteiger partial charge in [0.15, 0.2) is 0 Å². The van der Waals surface area contributed by atoms with Crippen molar-refractivity contribution in [2.45, 2.75) is 45.6 Å². The highest BCUT2D eigenvalue weighted by atomic mass is 32.1. The normalized spacial score (nSPS) is 16.7. The molecule has 6 nitrogen and oxygen atoms in total. The van der Waals surface area contributed by atoms with E-state index in [9.17, 15) is 4.79 Å². The molecule has 124 valence electrons. The van der Waals surface area contributed by atoms with Gasteiger partial charge in [0.25, 0.3) is 5.56 Å². The molecule has 0 amide bonds. The summed E-state index contributed by atoms with van der Waals surface area (Å²) in [4.78, 5) is 14.4. The van der Waals surface area contributed by atoms with E-state index in [1.807, 2.05) is 6.07 Å². The molecule has 7 heteroatoms. The largest absolute Gasteiger partial charge is 0.347 e. The Labute approximate surface area is 140 Å². The van der Waals surface area contributed by atoms with Gasteiger partial charge in [-0.1, -0.05) is 32.1 Å². The van der Waals surface area contributed by atoms with Crippen LogP contribution in [0.2, 0.25) is 0 Å². The highest BCUT2D eigenvalue weighted by Crippen LogP contribution is 2.25. The summed E-state index contributed by atoms with van der Waals surface area (Å²) in [6.07, 6.45) is 2.10. The molecule has 1 fully saturated rings. The van der Waals surface area contributed by atoms with Gasteiger partial charge in [-0.3, -0.25) is 4.79 Å². The molecular weight excluding hydrogens is 310 g/mol. The first kappa shape index (κ1) is 16.1. The van der Waals surface area contributed by atoms with Crippen LogP contribution in [0, 0.1) is 5.92 Å². The Morgan fingerprint density at radius 3 is 2.61 bits per heavy atom. The van der Waals surface area contributed by atoms with Crippen molar-refractivity contribution in [2.24, 2.45) is 5.92 Å². The third-order valence-electron chi connectivity index (χ3n) is 4.30. The van der Waals surface area contributed by atoms with Gasteiger partial charge in [0.1, 0.15) is 5.51 Å². The Hall–Kier alpha value is -1.76. The molecule has 2 aromatic heterocycles. The molecule has 0 saturated carbocycles. The maximum atomic E-state index is 12.1. The maximum absolute atomic E-state index is 12.1. The van der Waals surface area contributed by atoms with E-state index in [1.54, 1.807) is 27.6 Å². The second kappa shape index (κ2) is 6.39. The van der Waals surface area contributed by atoms with Gasteiger partial charge in [0.2, 0.25) is 5.13 Å². The minimum Gasteiger partial charge on any atom is -0.347 e. The van der Waals surface area contributed by atoms with E-state index in [-0.39, 0.29) is 11.0 Å². The van der Waals surface area contributed by atoms with E-state index in [0.29, 0.717) is 12.5 Å². The predicted molar refractivity (Wildman–Crippen MR) is 92.0 cm³/mol. The van der Waals surface area contributed by atoms with Crippen LogP contribution in [-0.2, 0) is 12.0 Å². The number of piperidine rings is 1. The number of anilines is 1. The van der Waals surface area contributed by atoms with Crippen LogP contribution in [0.15, 0.2) is 22.4 Å². The molecule has 1 aliphatic heterocycles. The molecule has 0 atom stereocenters. The second-order valence-corrected chi connectivity index (χ2v) is 7.95. The van der Waals surface area contributed by atoms with Gasteiger partial charge < -0.3 is 4.90 Å². The van der Waals surface area contributed by atoms with E-state index < -0.39 is 0 Å². The van der Waals surface area contributed by atoms with Gasteiger partial charge in [-0.25, -0.2) is 4.68 Å². The topological polar surface area (TPSA) is 63.9 Å². The molecule has 0 unspecified atom stereocenters. The minimum atomic E-state index is -0.0450. The molecule has 0 aliphatic carbocycles. The van der Waals surface area contributed by atoms with E-state index >= 15 is 0 Å². The first-order valence-corrected chi connectivity index (χ1v) is 8.91. The lowest BCUT2D eigenvalue weighted by Gasteiger charge is -2.31. The SMILES string of the molecule is CC(C)(C)c1ccc(=O)n(CC2CCN(c3nncs3)CC2)n1. The smallest absolute Gasteiger partial charge is 0.266 e. The summed E-state index contributed by atoms with van der Waals surface area (Å²) in [7, 11) is 0. The monoisotopic (exact) mass is 333 g/mol. The van der Waals surface area contributed by atoms with Crippen molar-refractivity contribution in [1.29, 1.82) is 0 Å². The highest BCUT2D eigenvalue weighted by Gasteiger charge is 2.23. The van der Waals surface area contributed by atoms with E-state index in [0.717, 1.165) is 36.8 Å². The fourth-order valence-electron chi connectivity index (χ4n) is 2.84. The van der Waals surface area contributed by atoms with Gasteiger partial charge >= 0.3 is 0 Å². The first-order chi connectivity index (χ1) is 10.9. The van der Waals surface area contributed by atoms with E-state index in [1.165, 1.54) is 0 Å². The zero-order valence-corrected chi connectivity index (χ0v) is 14.7. The van der Waals surface area contributed by atoms with Gasteiger partial charge in [-0.05, 0) is 24.8 Å². The van der Waals surface area contributed by atoms with Crippen molar-refractivity contribution in [3.8, 4) is 0 Å². The molecule has 0 spiro atoms. The van der Waals surface area contributed by atoms with Crippen molar-refractivity contribution in [2.75, 3.05) is 18.0 Å². The van der Waals surface area contributed by atoms with E-state index in [2.05, 4.69) is 41.0 Å². The van der Waals surface area contributed by atoms with Crippen LogP contribution < -0.4 is 10.5 Å². The first-order valence-electron chi connectivity index (χ1n) is 8.03. The highest BCUT2D eigenvalue weighted by molar-refractivity contribution is 7.13. The standard InChI is InChI=1S/C16H23N5OS/c1-16(2,3)13-4-5-14(22)21(19-13)10-12-6-8-20(9-7-12)15-18-17-11-23-15/h4-5,11-12H,6-10H2,1-3H3. The fourth-order valence-corrected chi connectivity index (χ4v) is 3.45. The Morgan fingerprint density at radius 2 is 2.00 bits per heavy atom. The van der Waals surface area contributed by atoms with Crippen LogP contribution in [0.1, 0.15) is 39.3 Å². The molecule has 1 aliphatic rings. The maximum Gasteiger partial charge on any atom is 0.266 e. The van der Waals surface area contributed by atoms with Gasteiger partial charge in [0.05, 0.1) is 5.69 Å². The van der Waals surface area contributed by atoms with Gasteiger partial charge in [-0.2, -0.15) is 5.10 Å². The molecular formula is C16H23N5OS. The molecule has 2 aromatic rings. The molecule has 0 radical (unpaired) electrons. The van der Waals surface area contributed by atoms with Gasteiger partial charge in [0, 0.05) is 31.1 Å². The summed E-state index contributed by atoms with van der Waals surface area (Å²) in [5, 5.41) is 13.6. The summed E-state index contributed by atoms with van der Waals surface area (Å²) in [6.45, 7) is 8.98. The van der Waals surface area contributed by atoms with Crippen molar-refractivity contribution in [3.63, 3.8) is 0 Å². The Kier molecular flexibility index (Phi) is 4.48. The van der Waals surface area contributed by atoms with Crippen molar-refractivity contribution in [3.05, 3.63) is 33.7 Å². The van der Waals surface area contributed by atoms with Crippen LogP contribution in [0.3, 0.4) is 0 Å². The number of hydrogen-bond donors (Lipinski definition) is 0. The summed E-state index contributed by atoms with van der Waals surface area (Å²) >= 11 is 1.58. The summed E-state index contributed by atoms with van der Waals surface area (Å²) < 4.78 is 1.64. The third-order valence-corrected chi connectivity index (χ3v) is 5.05. The second-order valence-electron chi connectivity index (χ2n) is 7.14. The van der Waals surface area contributed by atoms with Crippen molar-refractivity contribution in [1.82, 2.24) is 20.0 Å². The quantitative estimate of drug-likeness (QED) is 0.862. The minimum absolute atomic E-state index is 0.00967. The molecule has 0 N–H and O–H groups in total. The van der Waals surface area contributed by atoms with Crippen LogP contribution in [0.25, 0.3) is 0 Å². The van der Waals surface area contributed by atoms with Crippen molar-refractivity contribution >= 4 is 16.5 Å². The van der Waals surface area contributed by atoms with Crippen LogP contribution >= 0.6 is 11.3 Å². The van der Waals surface area contributed by atoms with Gasteiger partial charge in [-0.15, -0.1) is 10.2 Å². The number of aromatic nitrogens is 4. The average Bonchev–Trinajstić information content (AvgIpc) is 3.03. The molecule has 0 bridgehead atoms. The molecule has 1 saturated heterocycles. The lowest BCUT2D eigenvalue weighted by Crippen LogP contribution is -2.37. The Morgan fingerprint density at radius 1 is 1.26 bits per heavy atom. The fraction of sp³-hybridized carbons (Fsp3) is 0.625. The zero-order valence-electron chi connectivity index (χ0n) is 13.9. The van der Waals surface area contributed by atoms with E-state index in [4.69, 9.17) is 0 Å². The summed E-state index contributed by atoms with van der Waals surface area (Å²) in [6, 6.07) is 3.49. The Bertz CT molecular complexity index is 696. The molecule has 3 rings (SSSR count). The molecule has 0 aromatic carbocycles. The lowest BCUT2D eigenvalue weighted by atomic mass is 9.92. The van der Waals surface area contributed by atoms with Crippen LogP contribution in [0.4, 0.5) is 5.13 Å². The van der Waals surface area contributed by atoms with Crippen LogP contribution in [0.5, 0.6) is 0 Å². The number of nitrogens with zero attached hydrogens (tertiary/aromatic N) is 5. The van der Waals surface area contributed by atoms with Crippen LogP contribution in [-0.4, -0.2) is 33.1 Å². The zero-order chi connectivity index (χ0) is 16.4. The molecule has 23 heavy (non-hydrogen) atoms.